The quantitative estimate of drug-likeness (QED) is 0.899. The Kier molecular flexibility index (Phi) is 4.16. The smallest absolute Gasteiger partial charge is 0.330 e. The number of nitrogens with one attached hydrogen (secondary N) is 1. The molecule has 2 rings (SSSR count). The van der Waals surface area contributed by atoms with Gasteiger partial charge in [-0.15, -0.1) is 0 Å². The molecule has 2 N–H and O–H groups in total. The molecule has 0 aliphatic rings. The zero-order valence-electron chi connectivity index (χ0n) is 9.81. The fourth-order valence-corrected chi connectivity index (χ4v) is 2.23. The molecule has 0 saturated heterocycles. The molecule has 0 saturated carbocycles. The van der Waals surface area contributed by atoms with Gasteiger partial charge in [0.25, 0.3) is 0 Å². The summed E-state index contributed by atoms with van der Waals surface area (Å²) in [4.78, 5) is 11.4. The zero-order valence-corrected chi connectivity index (χ0v) is 11.4. The summed E-state index contributed by atoms with van der Waals surface area (Å²) >= 11 is 3.30. The molecule has 0 aliphatic carbocycles. The fourth-order valence-electron chi connectivity index (χ4n) is 1.72. The summed E-state index contributed by atoms with van der Waals surface area (Å²) in [5.41, 5.74) is 0.698. The Morgan fingerprint density at radius 2 is 1.79 bits per heavy atom. The monoisotopic (exact) mass is 323 g/mol. The number of para-hydroxylation sites is 1. The second-order valence-corrected chi connectivity index (χ2v) is 4.77. The Bertz CT molecular complexity index is 604. The van der Waals surface area contributed by atoms with E-state index < -0.39 is 17.8 Å². The van der Waals surface area contributed by atoms with E-state index in [4.69, 9.17) is 0 Å². The molecule has 2 aromatic carbocycles. The molecule has 98 valence electrons. The molecular weight excluding hydrogens is 313 g/mol. The van der Waals surface area contributed by atoms with Crippen molar-refractivity contribution in [2.45, 2.75) is 6.04 Å². The molecule has 5 heteroatoms. The summed E-state index contributed by atoms with van der Waals surface area (Å²) in [7, 11) is 0. The van der Waals surface area contributed by atoms with E-state index in [1.54, 1.807) is 36.4 Å². The third-order valence-electron chi connectivity index (χ3n) is 2.64. The van der Waals surface area contributed by atoms with Gasteiger partial charge in [0.15, 0.2) is 6.04 Å². The summed E-state index contributed by atoms with van der Waals surface area (Å²) < 4.78 is 14.2. The number of benzene rings is 2. The summed E-state index contributed by atoms with van der Waals surface area (Å²) in [6, 6.07) is 11.9. The zero-order chi connectivity index (χ0) is 13.8. The van der Waals surface area contributed by atoms with E-state index in [0.717, 1.165) is 0 Å². The van der Waals surface area contributed by atoms with Gasteiger partial charge in [0.05, 0.1) is 5.69 Å². The fraction of sp³-hybridized carbons (Fsp3) is 0.0714. The first kappa shape index (κ1) is 13.5. The third-order valence-corrected chi connectivity index (χ3v) is 3.36. The van der Waals surface area contributed by atoms with Crippen molar-refractivity contribution in [1.82, 2.24) is 0 Å². The molecule has 0 aromatic heterocycles. The molecular formula is C14H11BrFNO2. The number of hydrogen-bond acceptors (Lipinski definition) is 2. The Balaban J connectivity index is 2.35. The Morgan fingerprint density at radius 1 is 1.16 bits per heavy atom. The summed E-state index contributed by atoms with van der Waals surface area (Å²) in [6.45, 7) is 0. The molecule has 0 aliphatic heterocycles. The van der Waals surface area contributed by atoms with Crippen LogP contribution in [-0.2, 0) is 4.79 Å². The highest BCUT2D eigenvalue weighted by Gasteiger charge is 2.22. The van der Waals surface area contributed by atoms with Crippen molar-refractivity contribution in [2.24, 2.45) is 0 Å². The normalized spacial score (nSPS) is 11.9. The van der Waals surface area contributed by atoms with Gasteiger partial charge in [-0.1, -0.05) is 46.3 Å². The van der Waals surface area contributed by atoms with Crippen LogP contribution in [0.3, 0.4) is 0 Å². The molecule has 0 amide bonds. The van der Waals surface area contributed by atoms with E-state index in [2.05, 4.69) is 21.2 Å². The molecule has 0 bridgehead atoms. The van der Waals surface area contributed by atoms with Crippen molar-refractivity contribution in [3.05, 3.63) is 64.4 Å². The summed E-state index contributed by atoms with van der Waals surface area (Å²) in [5, 5.41) is 12.0. The SMILES string of the molecule is O=C(O)C(Nc1ccccc1F)c1ccccc1Br. The predicted molar refractivity (Wildman–Crippen MR) is 74.5 cm³/mol. The highest BCUT2D eigenvalue weighted by Crippen LogP contribution is 2.27. The maximum Gasteiger partial charge on any atom is 0.330 e. The second kappa shape index (κ2) is 5.84. The lowest BCUT2D eigenvalue weighted by Gasteiger charge is -2.17. The van der Waals surface area contributed by atoms with Gasteiger partial charge in [-0.25, -0.2) is 9.18 Å². The number of anilines is 1. The number of aliphatic carboxylic acids is 1. The van der Waals surface area contributed by atoms with Crippen LogP contribution in [0, 0.1) is 5.82 Å². The first-order chi connectivity index (χ1) is 9.09. The molecule has 2 aromatic rings. The van der Waals surface area contributed by atoms with Gasteiger partial charge in [-0.3, -0.25) is 0 Å². The van der Waals surface area contributed by atoms with Gasteiger partial charge >= 0.3 is 5.97 Å². The van der Waals surface area contributed by atoms with E-state index in [0.29, 0.717) is 10.0 Å². The highest BCUT2D eigenvalue weighted by molar-refractivity contribution is 9.10. The van der Waals surface area contributed by atoms with Crippen molar-refractivity contribution in [3.63, 3.8) is 0 Å². The topological polar surface area (TPSA) is 49.3 Å². The molecule has 19 heavy (non-hydrogen) atoms. The second-order valence-electron chi connectivity index (χ2n) is 3.92. The maximum atomic E-state index is 13.6. The van der Waals surface area contributed by atoms with Crippen molar-refractivity contribution in [3.8, 4) is 0 Å². The molecule has 0 heterocycles. The number of rotatable bonds is 4. The molecule has 1 unspecified atom stereocenters. The van der Waals surface area contributed by atoms with Crippen molar-refractivity contribution >= 4 is 27.6 Å². The van der Waals surface area contributed by atoms with Crippen LogP contribution >= 0.6 is 15.9 Å². The lowest BCUT2D eigenvalue weighted by atomic mass is 10.1. The van der Waals surface area contributed by atoms with Crippen LogP contribution in [-0.4, -0.2) is 11.1 Å². The average Bonchev–Trinajstić information content (AvgIpc) is 2.38. The van der Waals surface area contributed by atoms with E-state index in [1.165, 1.54) is 12.1 Å². The van der Waals surface area contributed by atoms with E-state index in [1.807, 2.05) is 0 Å². The van der Waals surface area contributed by atoms with E-state index >= 15 is 0 Å². The van der Waals surface area contributed by atoms with Crippen LogP contribution in [0.2, 0.25) is 0 Å². The Labute approximate surface area is 118 Å². The molecule has 1 atom stereocenters. The van der Waals surface area contributed by atoms with E-state index in [-0.39, 0.29) is 5.69 Å². The molecule has 0 spiro atoms. The maximum absolute atomic E-state index is 13.6. The number of carbonyl (C=O) groups is 1. The van der Waals surface area contributed by atoms with Gasteiger partial charge in [0, 0.05) is 4.47 Å². The lowest BCUT2D eigenvalue weighted by molar-refractivity contribution is -0.138. The molecule has 3 nitrogen and oxygen atoms in total. The average molecular weight is 324 g/mol. The summed E-state index contributed by atoms with van der Waals surface area (Å²) in [5.74, 6) is -1.56. The number of carboxylic acids is 1. The first-order valence-corrected chi connectivity index (χ1v) is 6.37. The molecule has 0 radical (unpaired) electrons. The Morgan fingerprint density at radius 3 is 2.42 bits per heavy atom. The van der Waals surface area contributed by atoms with Crippen LogP contribution in [0.5, 0.6) is 0 Å². The summed E-state index contributed by atoms with van der Waals surface area (Å²) in [6.07, 6.45) is 0. The van der Waals surface area contributed by atoms with E-state index in [9.17, 15) is 14.3 Å². The first-order valence-electron chi connectivity index (χ1n) is 5.58. The lowest BCUT2D eigenvalue weighted by Crippen LogP contribution is -2.21. The number of halogens is 2. The van der Waals surface area contributed by atoms with Gasteiger partial charge in [0.1, 0.15) is 5.82 Å². The van der Waals surface area contributed by atoms with Crippen LogP contribution in [0.25, 0.3) is 0 Å². The third kappa shape index (κ3) is 3.12. The van der Waals surface area contributed by atoms with Gasteiger partial charge in [0.2, 0.25) is 0 Å². The van der Waals surface area contributed by atoms with Crippen molar-refractivity contribution in [1.29, 1.82) is 0 Å². The van der Waals surface area contributed by atoms with Gasteiger partial charge < -0.3 is 10.4 Å². The minimum absolute atomic E-state index is 0.158. The minimum Gasteiger partial charge on any atom is -0.479 e. The predicted octanol–water partition coefficient (Wildman–Crippen LogP) is 3.83. The van der Waals surface area contributed by atoms with Gasteiger partial charge in [-0.05, 0) is 23.8 Å². The van der Waals surface area contributed by atoms with Crippen LogP contribution in [0.1, 0.15) is 11.6 Å². The van der Waals surface area contributed by atoms with Gasteiger partial charge in [-0.2, -0.15) is 0 Å². The largest absolute Gasteiger partial charge is 0.479 e. The number of hydrogen-bond donors (Lipinski definition) is 2. The molecule has 0 fully saturated rings. The van der Waals surface area contributed by atoms with Crippen molar-refractivity contribution < 1.29 is 14.3 Å². The Hall–Kier alpha value is -1.88. The minimum atomic E-state index is -1.07. The van der Waals surface area contributed by atoms with Crippen LogP contribution < -0.4 is 5.32 Å². The van der Waals surface area contributed by atoms with Crippen molar-refractivity contribution in [2.75, 3.05) is 5.32 Å². The van der Waals surface area contributed by atoms with Crippen LogP contribution in [0.15, 0.2) is 53.0 Å². The standard InChI is InChI=1S/C14H11BrFNO2/c15-10-6-2-1-5-9(10)13(14(18)19)17-12-8-4-3-7-11(12)16/h1-8,13,17H,(H,18,19). The highest BCUT2D eigenvalue weighted by atomic mass is 79.9. The number of carboxylic acid groups (broad SMARTS) is 1. The van der Waals surface area contributed by atoms with Crippen LogP contribution in [0.4, 0.5) is 10.1 Å².